The van der Waals surface area contributed by atoms with Crippen molar-refractivity contribution < 1.29 is 0 Å². The van der Waals surface area contributed by atoms with Gasteiger partial charge in [0.1, 0.15) is 0 Å². The van der Waals surface area contributed by atoms with Crippen molar-refractivity contribution in [2.75, 3.05) is 33.2 Å². The second-order valence-electron chi connectivity index (χ2n) is 4.17. The zero-order chi connectivity index (χ0) is 12.0. The minimum atomic E-state index is 0.302. The Labute approximate surface area is 98.1 Å². The Bertz CT molecular complexity index is 275. The summed E-state index contributed by atoms with van der Waals surface area (Å²) in [6.07, 6.45) is 4.87. The molecule has 0 aromatic carbocycles. The molecule has 1 aliphatic heterocycles. The molecule has 90 valence electrons. The van der Waals surface area contributed by atoms with Crippen LogP contribution in [0.1, 0.15) is 6.92 Å². The third kappa shape index (κ3) is 3.79. The van der Waals surface area contributed by atoms with Crippen LogP contribution < -0.4 is 5.73 Å². The maximum absolute atomic E-state index is 5.23. The van der Waals surface area contributed by atoms with Gasteiger partial charge in [0.2, 0.25) is 0 Å². The Kier molecular flexibility index (Phi) is 5.22. The first-order chi connectivity index (χ1) is 7.65. The van der Waals surface area contributed by atoms with Gasteiger partial charge in [0, 0.05) is 38.4 Å². The number of allylic oxidation sites excluding steroid dienone is 1. The summed E-state index contributed by atoms with van der Waals surface area (Å²) in [6.45, 7) is 10.5. The fraction of sp³-hybridized carbons (Fsp3) is 0.583. The van der Waals surface area contributed by atoms with Gasteiger partial charge in [0.05, 0.1) is 5.70 Å². The second kappa shape index (κ2) is 6.45. The Hall–Kier alpha value is -1.13. The molecule has 1 rings (SSSR count). The summed E-state index contributed by atoms with van der Waals surface area (Å²) in [6, 6.07) is 0.302. The number of piperazine rings is 1. The standard InChI is InChI=1S/C12H22N4/c1-11(14-6-4-5-13)12(2)16-9-7-15(3)8-10-16/h4-6,12H,1,7-10,13H2,2-3H3/b5-4-,14-6-. The van der Waals surface area contributed by atoms with Gasteiger partial charge < -0.3 is 10.6 Å². The van der Waals surface area contributed by atoms with E-state index < -0.39 is 0 Å². The van der Waals surface area contributed by atoms with E-state index in [1.54, 1.807) is 12.3 Å². The highest BCUT2D eigenvalue weighted by atomic mass is 15.3. The average molecular weight is 222 g/mol. The Morgan fingerprint density at radius 1 is 1.38 bits per heavy atom. The molecule has 4 nitrogen and oxygen atoms in total. The van der Waals surface area contributed by atoms with E-state index in [9.17, 15) is 0 Å². The predicted molar refractivity (Wildman–Crippen MR) is 69.5 cm³/mol. The molecule has 0 aromatic heterocycles. The molecule has 0 bridgehead atoms. The lowest BCUT2D eigenvalue weighted by molar-refractivity contribution is 0.132. The number of hydrogen-bond donors (Lipinski definition) is 1. The van der Waals surface area contributed by atoms with Crippen molar-refractivity contribution in [2.45, 2.75) is 13.0 Å². The maximum Gasteiger partial charge on any atom is 0.0500 e. The van der Waals surface area contributed by atoms with Crippen LogP contribution in [0.4, 0.5) is 0 Å². The second-order valence-corrected chi connectivity index (χ2v) is 4.17. The van der Waals surface area contributed by atoms with E-state index in [-0.39, 0.29) is 0 Å². The smallest absolute Gasteiger partial charge is 0.0500 e. The predicted octanol–water partition coefficient (Wildman–Crippen LogP) is 0.679. The molecule has 0 radical (unpaired) electrons. The molecule has 0 amide bonds. The highest BCUT2D eigenvalue weighted by Gasteiger charge is 2.20. The van der Waals surface area contributed by atoms with Crippen molar-refractivity contribution in [3.63, 3.8) is 0 Å². The molecule has 1 fully saturated rings. The highest BCUT2D eigenvalue weighted by Crippen LogP contribution is 2.12. The summed E-state index contributed by atoms with van der Waals surface area (Å²) in [5.74, 6) is 0. The van der Waals surface area contributed by atoms with Crippen LogP contribution in [0.3, 0.4) is 0 Å². The van der Waals surface area contributed by atoms with Crippen molar-refractivity contribution >= 4 is 6.21 Å². The molecule has 0 aliphatic carbocycles. The summed E-state index contributed by atoms with van der Waals surface area (Å²) < 4.78 is 0. The molecule has 1 aliphatic rings. The van der Waals surface area contributed by atoms with E-state index in [0.29, 0.717) is 6.04 Å². The number of rotatable bonds is 4. The van der Waals surface area contributed by atoms with Crippen molar-refractivity contribution in [1.29, 1.82) is 0 Å². The van der Waals surface area contributed by atoms with Gasteiger partial charge in [-0.3, -0.25) is 9.89 Å². The third-order valence-corrected chi connectivity index (χ3v) is 3.01. The van der Waals surface area contributed by atoms with Crippen LogP contribution in [0, 0.1) is 0 Å². The molecule has 0 saturated carbocycles. The molecule has 2 N–H and O–H groups in total. The van der Waals surface area contributed by atoms with Crippen LogP contribution >= 0.6 is 0 Å². The van der Waals surface area contributed by atoms with Gasteiger partial charge in [-0.05, 0) is 26.2 Å². The van der Waals surface area contributed by atoms with Gasteiger partial charge in [-0.15, -0.1) is 0 Å². The fourth-order valence-corrected chi connectivity index (χ4v) is 1.72. The fourth-order valence-electron chi connectivity index (χ4n) is 1.72. The van der Waals surface area contributed by atoms with Gasteiger partial charge in [-0.1, -0.05) is 6.58 Å². The first kappa shape index (κ1) is 12.9. The van der Waals surface area contributed by atoms with Crippen LogP contribution in [-0.4, -0.2) is 55.3 Å². The lowest BCUT2D eigenvalue weighted by atomic mass is 10.2. The van der Waals surface area contributed by atoms with Gasteiger partial charge >= 0.3 is 0 Å². The van der Waals surface area contributed by atoms with Gasteiger partial charge in [-0.2, -0.15) is 0 Å². The van der Waals surface area contributed by atoms with Crippen LogP contribution in [0.5, 0.6) is 0 Å². The molecule has 1 saturated heterocycles. The molecular formula is C12H22N4. The number of likely N-dealkylation sites (N-methyl/N-ethyl adjacent to an activating group) is 1. The van der Waals surface area contributed by atoms with Crippen LogP contribution in [0.2, 0.25) is 0 Å². The number of nitrogens with two attached hydrogens (primary N) is 1. The van der Waals surface area contributed by atoms with Crippen molar-refractivity contribution in [2.24, 2.45) is 10.7 Å². The van der Waals surface area contributed by atoms with E-state index in [0.717, 1.165) is 31.9 Å². The van der Waals surface area contributed by atoms with Crippen LogP contribution in [-0.2, 0) is 0 Å². The molecule has 1 heterocycles. The molecule has 4 heteroatoms. The first-order valence-electron chi connectivity index (χ1n) is 5.67. The van der Waals surface area contributed by atoms with Crippen molar-refractivity contribution in [3.8, 4) is 0 Å². The van der Waals surface area contributed by atoms with Gasteiger partial charge in [0.15, 0.2) is 0 Å². The monoisotopic (exact) mass is 222 g/mol. The number of hydrogen-bond acceptors (Lipinski definition) is 4. The van der Waals surface area contributed by atoms with Gasteiger partial charge in [0.25, 0.3) is 0 Å². The first-order valence-corrected chi connectivity index (χ1v) is 5.67. The topological polar surface area (TPSA) is 44.9 Å². The Morgan fingerprint density at radius 2 is 2.00 bits per heavy atom. The molecular weight excluding hydrogens is 200 g/mol. The number of aliphatic imine (C=N–C) groups is 1. The SMILES string of the molecule is C=C(/N=C\C=C/N)C(C)N1CCN(C)CC1. The minimum absolute atomic E-state index is 0.302. The maximum atomic E-state index is 5.23. The zero-order valence-corrected chi connectivity index (χ0v) is 10.3. The largest absolute Gasteiger partial charge is 0.405 e. The van der Waals surface area contributed by atoms with E-state index in [2.05, 4.69) is 35.3 Å². The Morgan fingerprint density at radius 3 is 2.56 bits per heavy atom. The van der Waals surface area contributed by atoms with E-state index in [1.165, 1.54) is 6.20 Å². The highest BCUT2D eigenvalue weighted by molar-refractivity contribution is 5.71. The molecule has 16 heavy (non-hydrogen) atoms. The zero-order valence-electron chi connectivity index (χ0n) is 10.3. The summed E-state index contributed by atoms with van der Waals surface area (Å²) in [4.78, 5) is 9.01. The van der Waals surface area contributed by atoms with E-state index in [1.807, 2.05) is 0 Å². The van der Waals surface area contributed by atoms with Crippen LogP contribution in [0.15, 0.2) is 29.5 Å². The Balaban J connectivity index is 2.44. The van der Waals surface area contributed by atoms with E-state index >= 15 is 0 Å². The molecule has 0 spiro atoms. The van der Waals surface area contributed by atoms with Crippen molar-refractivity contribution in [3.05, 3.63) is 24.6 Å². The summed E-state index contributed by atoms with van der Waals surface area (Å²) in [5.41, 5.74) is 6.12. The van der Waals surface area contributed by atoms with E-state index in [4.69, 9.17) is 5.73 Å². The molecule has 1 unspecified atom stereocenters. The quantitative estimate of drug-likeness (QED) is 0.711. The summed E-state index contributed by atoms with van der Waals surface area (Å²) in [5, 5.41) is 0. The van der Waals surface area contributed by atoms with Gasteiger partial charge in [-0.25, -0.2) is 0 Å². The summed E-state index contributed by atoms with van der Waals surface area (Å²) >= 11 is 0. The number of nitrogens with zero attached hydrogens (tertiary/aromatic N) is 3. The lowest BCUT2D eigenvalue weighted by Crippen LogP contribution is -2.48. The van der Waals surface area contributed by atoms with Crippen molar-refractivity contribution in [1.82, 2.24) is 9.80 Å². The summed E-state index contributed by atoms with van der Waals surface area (Å²) in [7, 11) is 2.15. The average Bonchev–Trinajstić information content (AvgIpc) is 2.29. The lowest BCUT2D eigenvalue weighted by Gasteiger charge is -2.36. The minimum Gasteiger partial charge on any atom is -0.405 e. The third-order valence-electron chi connectivity index (χ3n) is 3.01. The molecule has 1 atom stereocenters. The van der Waals surface area contributed by atoms with Crippen LogP contribution in [0.25, 0.3) is 0 Å². The normalized spacial score (nSPS) is 21.9. The molecule has 0 aromatic rings.